The standard InChI is InChI=1S/C13H11BO2.C4H10N2/c15-13(16)14(11-7-3-1-4-8-11)12-9-5-2-6-10-12;1-2-6-4-3-5-1/h1-10H,(H,15,16);5-6H,1-4H2. The van der Waals surface area contributed by atoms with E-state index in [1.165, 1.54) is 0 Å². The molecule has 0 atom stereocenters. The Labute approximate surface area is 131 Å². The third-order valence-corrected chi connectivity index (χ3v) is 3.47. The summed E-state index contributed by atoms with van der Waals surface area (Å²) in [6.07, 6.45) is 0. The molecule has 0 aromatic heterocycles. The Morgan fingerprint density at radius 2 is 1.14 bits per heavy atom. The Balaban J connectivity index is 0.000000246. The van der Waals surface area contributed by atoms with E-state index < -0.39 is 12.6 Å². The highest BCUT2D eigenvalue weighted by molar-refractivity contribution is 7.06. The van der Waals surface area contributed by atoms with Crippen LogP contribution in [0.2, 0.25) is 0 Å². The lowest BCUT2D eigenvalue weighted by Crippen LogP contribution is -2.48. The number of benzene rings is 2. The second kappa shape index (κ2) is 9.02. The second-order valence-corrected chi connectivity index (χ2v) is 5.09. The molecule has 3 N–H and O–H groups in total. The van der Waals surface area contributed by atoms with Crippen LogP contribution < -0.4 is 21.6 Å². The summed E-state index contributed by atoms with van der Waals surface area (Å²) in [5.74, 6) is -0.822. The van der Waals surface area contributed by atoms with Crippen LogP contribution in [-0.2, 0) is 0 Å². The van der Waals surface area contributed by atoms with Crippen molar-refractivity contribution in [3.8, 4) is 0 Å². The fourth-order valence-corrected chi connectivity index (χ4v) is 2.37. The van der Waals surface area contributed by atoms with Crippen molar-refractivity contribution in [2.45, 2.75) is 0 Å². The van der Waals surface area contributed by atoms with Crippen LogP contribution in [0.5, 0.6) is 0 Å². The average molecular weight is 296 g/mol. The predicted molar refractivity (Wildman–Crippen MR) is 91.7 cm³/mol. The summed E-state index contributed by atoms with van der Waals surface area (Å²) in [6, 6.07) is 18.5. The van der Waals surface area contributed by atoms with Crippen molar-refractivity contribution in [2.24, 2.45) is 0 Å². The lowest BCUT2D eigenvalue weighted by molar-refractivity contribution is 0.219. The third kappa shape index (κ3) is 5.02. The van der Waals surface area contributed by atoms with Crippen molar-refractivity contribution in [2.75, 3.05) is 26.2 Å². The Hall–Kier alpha value is -2.11. The first kappa shape index (κ1) is 16.3. The molecular formula is C17H21BN2O2. The van der Waals surface area contributed by atoms with E-state index in [2.05, 4.69) is 10.6 Å². The molecule has 3 rings (SSSR count). The minimum atomic E-state index is -0.822. The van der Waals surface area contributed by atoms with E-state index in [0.717, 1.165) is 37.1 Å². The van der Waals surface area contributed by atoms with Gasteiger partial charge in [-0.2, -0.15) is 0 Å². The van der Waals surface area contributed by atoms with Gasteiger partial charge in [-0.3, -0.25) is 4.79 Å². The van der Waals surface area contributed by atoms with Gasteiger partial charge in [-0.15, -0.1) is 0 Å². The fraction of sp³-hybridized carbons (Fsp3) is 0.235. The molecule has 0 bridgehead atoms. The van der Waals surface area contributed by atoms with E-state index in [4.69, 9.17) is 0 Å². The minimum absolute atomic E-state index is 0.581. The monoisotopic (exact) mass is 296 g/mol. The largest absolute Gasteiger partial charge is 0.489 e. The van der Waals surface area contributed by atoms with Crippen LogP contribution in [0.1, 0.15) is 0 Å². The van der Waals surface area contributed by atoms with Crippen LogP contribution in [-0.4, -0.2) is 43.9 Å². The average Bonchev–Trinajstić information content (AvgIpc) is 2.59. The summed E-state index contributed by atoms with van der Waals surface area (Å²) in [4.78, 5) is 11.3. The molecule has 0 aliphatic carbocycles. The SMILES string of the molecule is C1CNCCN1.O=C(O)B(c1ccccc1)c1ccccc1. The molecule has 1 heterocycles. The van der Waals surface area contributed by atoms with Crippen molar-refractivity contribution in [3.63, 3.8) is 0 Å². The summed E-state index contributed by atoms with van der Waals surface area (Å²) in [5.41, 5.74) is 1.61. The molecule has 114 valence electrons. The van der Waals surface area contributed by atoms with Gasteiger partial charge in [-0.05, 0) is 0 Å². The molecule has 5 heteroatoms. The molecule has 0 amide bonds. The van der Waals surface area contributed by atoms with Gasteiger partial charge in [0.2, 0.25) is 0 Å². The molecule has 0 saturated carbocycles. The maximum Gasteiger partial charge on any atom is 0.342 e. The van der Waals surface area contributed by atoms with Gasteiger partial charge in [0.15, 0.2) is 0 Å². The molecule has 22 heavy (non-hydrogen) atoms. The molecule has 0 radical (unpaired) electrons. The van der Waals surface area contributed by atoms with E-state index >= 15 is 0 Å². The molecule has 0 spiro atoms. The summed E-state index contributed by atoms with van der Waals surface area (Å²) in [6.45, 7) is 3.97. The zero-order valence-corrected chi connectivity index (χ0v) is 12.5. The number of rotatable bonds is 3. The highest BCUT2D eigenvalue weighted by atomic mass is 16.4. The van der Waals surface area contributed by atoms with E-state index in [1.807, 2.05) is 60.7 Å². The van der Waals surface area contributed by atoms with Gasteiger partial charge in [0.25, 0.3) is 5.87 Å². The second-order valence-electron chi connectivity index (χ2n) is 5.09. The molecule has 4 nitrogen and oxygen atoms in total. The van der Waals surface area contributed by atoms with Crippen LogP contribution in [0.15, 0.2) is 60.7 Å². The molecule has 1 aliphatic heterocycles. The molecule has 1 saturated heterocycles. The normalized spacial score (nSPS) is 13.6. The van der Waals surface area contributed by atoms with Gasteiger partial charge in [0.05, 0.1) is 0 Å². The highest BCUT2D eigenvalue weighted by Crippen LogP contribution is 1.93. The maximum atomic E-state index is 11.3. The van der Waals surface area contributed by atoms with Crippen molar-refractivity contribution in [1.29, 1.82) is 0 Å². The van der Waals surface area contributed by atoms with Gasteiger partial charge in [0.1, 0.15) is 0 Å². The quantitative estimate of drug-likeness (QED) is 0.731. The highest BCUT2D eigenvalue weighted by Gasteiger charge is 2.27. The van der Waals surface area contributed by atoms with E-state index in [0.29, 0.717) is 0 Å². The zero-order chi connectivity index (χ0) is 15.6. The third-order valence-electron chi connectivity index (χ3n) is 3.47. The topological polar surface area (TPSA) is 61.4 Å². The number of carboxylic acid groups (broad SMARTS) is 1. The summed E-state index contributed by atoms with van der Waals surface area (Å²) in [7, 11) is 0. The Kier molecular flexibility index (Phi) is 6.67. The number of hydrogen-bond donors (Lipinski definition) is 3. The predicted octanol–water partition coefficient (Wildman–Crippen LogP) is 0.735. The number of carbonyl (C=O) groups is 1. The van der Waals surface area contributed by atoms with Crippen LogP contribution >= 0.6 is 0 Å². The van der Waals surface area contributed by atoms with Gasteiger partial charge < -0.3 is 15.7 Å². The van der Waals surface area contributed by atoms with Crippen molar-refractivity contribution in [3.05, 3.63) is 60.7 Å². The van der Waals surface area contributed by atoms with Crippen molar-refractivity contribution < 1.29 is 9.90 Å². The molecule has 2 aromatic carbocycles. The zero-order valence-electron chi connectivity index (χ0n) is 12.5. The Bertz CT molecular complexity index is 508. The number of nitrogens with one attached hydrogen (secondary N) is 2. The van der Waals surface area contributed by atoms with Crippen molar-refractivity contribution in [1.82, 2.24) is 10.6 Å². The van der Waals surface area contributed by atoms with Gasteiger partial charge in [-0.1, -0.05) is 71.6 Å². The lowest BCUT2D eigenvalue weighted by atomic mass is 9.40. The summed E-state index contributed by atoms with van der Waals surface area (Å²) < 4.78 is 0. The summed E-state index contributed by atoms with van der Waals surface area (Å²) in [5, 5.41) is 15.7. The van der Waals surface area contributed by atoms with Gasteiger partial charge in [-0.25, -0.2) is 0 Å². The van der Waals surface area contributed by atoms with Crippen LogP contribution in [0, 0.1) is 0 Å². The van der Waals surface area contributed by atoms with Crippen molar-refractivity contribution >= 4 is 23.5 Å². The smallest absolute Gasteiger partial charge is 0.342 e. The first-order valence-electron chi connectivity index (χ1n) is 7.53. The number of piperazine rings is 1. The fourth-order valence-electron chi connectivity index (χ4n) is 2.37. The summed E-state index contributed by atoms with van der Waals surface area (Å²) >= 11 is 0. The molecule has 1 fully saturated rings. The van der Waals surface area contributed by atoms with Gasteiger partial charge in [0, 0.05) is 26.2 Å². The van der Waals surface area contributed by atoms with E-state index in [9.17, 15) is 9.90 Å². The van der Waals surface area contributed by atoms with Crippen LogP contribution in [0.3, 0.4) is 0 Å². The molecule has 2 aromatic rings. The van der Waals surface area contributed by atoms with Crippen LogP contribution in [0.25, 0.3) is 0 Å². The van der Waals surface area contributed by atoms with Gasteiger partial charge >= 0.3 is 6.71 Å². The van der Waals surface area contributed by atoms with E-state index in [-0.39, 0.29) is 0 Å². The first-order valence-corrected chi connectivity index (χ1v) is 7.53. The van der Waals surface area contributed by atoms with E-state index in [1.54, 1.807) is 0 Å². The maximum absolute atomic E-state index is 11.3. The molecular weight excluding hydrogens is 275 g/mol. The number of hydrogen-bond acceptors (Lipinski definition) is 3. The minimum Gasteiger partial charge on any atom is -0.489 e. The van der Waals surface area contributed by atoms with Crippen LogP contribution in [0.4, 0.5) is 4.79 Å². The Morgan fingerprint density at radius 3 is 1.41 bits per heavy atom. The molecule has 0 unspecified atom stereocenters. The molecule has 1 aliphatic rings. The Morgan fingerprint density at radius 1 is 0.773 bits per heavy atom. The lowest BCUT2D eigenvalue weighted by Gasteiger charge is -2.11. The first-order chi connectivity index (χ1) is 10.8.